The number of thioether (sulfide) groups is 1. The van der Waals surface area contributed by atoms with E-state index in [1.807, 2.05) is 30.3 Å². The van der Waals surface area contributed by atoms with E-state index in [1.165, 1.54) is 11.8 Å². The van der Waals surface area contributed by atoms with Crippen LogP contribution < -0.4 is 0 Å². The molecule has 118 valence electrons. The van der Waals surface area contributed by atoms with Crippen LogP contribution in [-0.4, -0.2) is 21.1 Å². The van der Waals surface area contributed by atoms with Crippen LogP contribution >= 0.6 is 27.7 Å². The summed E-state index contributed by atoms with van der Waals surface area (Å²) in [6.07, 6.45) is 3.39. The van der Waals surface area contributed by atoms with Gasteiger partial charge in [0.1, 0.15) is 12.2 Å². The van der Waals surface area contributed by atoms with E-state index in [2.05, 4.69) is 31.1 Å². The van der Waals surface area contributed by atoms with Crippen molar-refractivity contribution < 1.29 is 14.1 Å². The maximum atomic E-state index is 12.3. The molecule has 0 bridgehead atoms. The molecule has 0 radical (unpaired) electrons. The molecule has 0 unspecified atom stereocenters. The predicted octanol–water partition coefficient (Wildman–Crippen LogP) is 3.81. The molecule has 0 aliphatic heterocycles. The highest BCUT2D eigenvalue weighted by atomic mass is 79.9. The molecular formula is C15H12BrN3O3S. The highest BCUT2D eigenvalue weighted by molar-refractivity contribution is 9.10. The summed E-state index contributed by atoms with van der Waals surface area (Å²) in [5.41, 5.74) is 1.22. The van der Waals surface area contributed by atoms with Gasteiger partial charge in [0.05, 0.1) is 5.75 Å². The molecule has 1 aromatic carbocycles. The number of H-pyrrole nitrogens is 1. The lowest BCUT2D eigenvalue weighted by Gasteiger charge is -2.04. The number of nitrogens with zero attached hydrogens (tertiary/aromatic N) is 2. The minimum atomic E-state index is -0.475. The average molecular weight is 394 g/mol. The molecule has 0 aliphatic rings. The molecule has 3 rings (SSSR count). The van der Waals surface area contributed by atoms with Crippen LogP contribution in [-0.2, 0) is 17.1 Å². The summed E-state index contributed by atoms with van der Waals surface area (Å²) in [4.78, 5) is 19.4. The van der Waals surface area contributed by atoms with E-state index in [4.69, 9.17) is 9.26 Å². The van der Waals surface area contributed by atoms with Crippen LogP contribution in [0.3, 0.4) is 0 Å². The molecule has 0 spiro atoms. The van der Waals surface area contributed by atoms with Crippen molar-refractivity contribution in [2.24, 2.45) is 0 Å². The second kappa shape index (κ2) is 7.47. The van der Waals surface area contributed by atoms with Crippen LogP contribution in [0, 0.1) is 0 Å². The van der Waals surface area contributed by atoms with Crippen LogP contribution in [0.15, 0.2) is 57.0 Å². The van der Waals surface area contributed by atoms with E-state index in [0.29, 0.717) is 21.7 Å². The van der Waals surface area contributed by atoms with Crippen molar-refractivity contribution in [3.05, 3.63) is 64.2 Å². The van der Waals surface area contributed by atoms with E-state index >= 15 is 0 Å². The third-order valence-corrected chi connectivity index (χ3v) is 4.40. The quantitative estimate of drug-likeness (QED) is 0.506. The van der Waals surface area contributed by atoms with Crippen molar-refractivity contribution in [1.82, 2.24) is 15.1 Å². The van der Waals surface area contributed by atoms with Gasteiger partial charge in [-0.25, -0.2) is 9.78 Å². The third-order valence-electron chi connectivity index (χ3n) is 2.95. The first-order valence-electron chi connectivity index (χ1n) is 6.71. The van der Waals surface area contributed by atoms with Crippen LogP contribution in [0.5, 0.6) is 0 Å². The summed E-state index contributed by atoms with van der Waals surface area (Å²) >= 11 is 4.63. The van der Waals surface area contributed by atoms with E-state index in [0.717, 1.165) is 10.7 Å². The zero-order valence-electron chi connectivity index (χ0n) is 11.9. The molecule has 0 aliphatic carbocycles. The molecule has 0 atom stereocenters. The van der Waals surface area contributed by atoms with Crippen molar-refractivity contribution in [2.75, 3.05) is 0 Å². The summed E-state index contributed by atoms with van der Waals surface area (Å²) in [5.74, 6) is 0.385. The Balaban J connectivity index is 1.66. The summed E-state index contributed by atoms with van der Waals surface area (Å²) in [5, 5.41) is 4.53. The number of hydrogen-bond acceptors (Lipinski definition) is 6. The number of carbonyl (C=O) groups excluding carboxylic acids is 1. The third kappa shape index (κ3) is 4.02. The van der Waals surface area contributed by atoms with Gasteiger partial charge in [-0.05, 0) is 21.5 Å². The number of aromatic amines is 1. The normalized spacial score (nSPS) is 10.7. The van der Waals surface area contributed by atoms with Gasteiger partial charge >= 0.3 is 5.97 Å². The van der Waals surface area contributed by atoms with Gasteiger partial charge < -0.3 is 14.2 Å². The molecule has 8 heteroatoms. The van der Waals surface area contributed by atoms with Crippen LogP contribution in [0.4, 0.5) is 0 Å². The minimum Gasteiger partial charge on any atom is -0.457 e. The number of ether oxygens (including phenoxy) is 1. The number of halogens is 1. The molecule has 0 saturated carbocycles. The van der Waals surface area contributed by atoms with Crippen LogP contribution in [0.25, 0.3) is 0 Å². The van der Waals surface area contributed by atoms with Crippen LogP contribution in [0.1, 0.15) is 21.7 Å². The van der Waals surface area contributed by atoms with Crippen molar-refractivity contribution in [2.45, 2.75) is 17.5 Å². The number of benzene rings is 1. The fourth-order valence-corrected chi connectivity index (χ4v) is 3.06. The van der Waals surface area contributed by atoms with Gasteiger partial charge in [-0.3, -0.25) is 0 Å². The molecule has 6 nitrogen and oxygen atoms in total. The monoisotopic (exact) mass is 393 g/mol. The number of hydrogen-bond donors (Lipinski definition) is 1. The summed E-state index contributed by atoms with van der Waals surface area (Å²) in [6, 6.07) is 9.48. The smallest absolute Gasteiger partial charge is 0.344 e. The van der Waals surface area contributed by atoms with Gasteiger partial charge in [0.15, 0.2) is 15.5 Å². The second-order valence-corrected chi connectivity index (χ2v) is 6.23. The van der Waals surface area contributed by atoms with Gasteiger partial charge in [0, 0.05) is 12.4 Å². The van der Waals surface area contributed by atoms with E-state index in [9.17, 15) is 4.79 Å². The first-order valence-corrected chi connectivity index (χ1v) is 8.49. The van der Waals surface area contributed by atoms with Gasteiger partial charge in [-0.2, -0.15) is 0 Å². The topological polar surface area (TPSA) is 81.0 Å². The Bertz CT molecular complexity index is 775. The lowest BCUT2D eigenvalue weighted by atomic mass is 10.2. The van der Waals surface area contributed by atoms with E-state index < -0.39 is 5.97 Å². The Morgan fingerprint density at radius 1 is 1.35 bits per heavy atom. The largest absolute Gasteiger partial charge is 0.457 e. The van der Waals surface area contributed by atoms with Gasteiger partial charge in [0.25, 0.3) is 0 Å². The maximum Gasteiger partial charge on any atom is 0.344 e. The second-order valence-electron chi connectivity index (χ2n) is 4.52. The Hall–Kier alpha value is -2.06. The maximum absolute atomic E-state index is 12.3. The Labute approximate surface area is 144 Å². The molecule has 0 fully saturated rings. The Morgan fingerprint density at radius 3 is 2.91 bits per heavy atom. The molecule has 0 saturated heterocycles. The van der Waals surface area contributed by atoms with Crippen molar-refractivity contribution in [3.63, 3.8) is 0 Å². The number of esters is 1. The number of carbonyl (C=O) groups is 1. The van der Waals surface area contributed by atoms with E-state index in [1.54, 1.807) is 12.4 Å². The zero-order chi connectivity index (χ0) is 16.1. The molecule has 2 aromatic heterocycles. The molecule has 3 aromatic rings. The summed E-state index contributed by atoms with van der Waals surface area (Å²) < 4.78 is 10.9. The Kier molecular flexibility index (Phi) is 5.14. The SMILES string of the molecule is O=C(OCc1ccccc1)c1c(Br)noc1CSc1ncc[nH]1. The highest BCUT2D eigenvalue weighted by Gasteiger charge is 2.23. The number of imidazole rings is 1. The van der Waals surface area contributed by atoms with Crippen LogP contribution in [0.2, 0.25) is 0 Å². The fraction of sp³-hybridized carbons (Fsp3) is 0.133. The zero-order valence-corrected chi connectivity index (χ0v) is 14.3. The molecule has 23 heavy (non-hydrogen) atoms. The minimum absolute atomic E-state index is 0.196. The fourth-order valence-electron chi connectivity index (χ4n) is 1.86. The predicted molar refractivity (Wildman–Crippen MR) is 87.9 cm³/mol. The van der Waals surface area contributed by atoms with Gasteiger partial charge in [-0.15, -0.1) is 0 Å². The van der Waals surface area contributed by atoms with Crippen molar-refractivity contribution >= 4 is 33.7 Å². The van der Waals surface area contributed by atoms with Crippen molar-refractivity contribution in [1.29, 1.82) is 0 Å². The van der Waals surface area contributed by atoms with Gasteiger partial charge in [-0.1, -0.05) is 47.3 Å². The first-order chi connectivity index (χ1) is 11.2. The lowest BCUT2D eigenvalue weighted by molar-refractivity contribution is 0.0469. The number of nitrogens with one attached hydrogen (secondary N) is 1. The molecular weight excluding hydrogens is 382 g/mol. The number of rotatable bonds is 6. The van der Waals surface area contributed by atoms with Crippen molar-refractivity contribution in [3.8, 4) is 0 Å². The average Bonchev–Trinajstić information content (AvgIpc) is 3.21. The summed E-state index contributed by atoms with van der Waals surface area (Å²) in [6.45, 7) is 0.196. The Morgan fingerprint density at radius 2 is 2.17 bits per heavy atom. The summed E-state index contributed by atoms with van der Waals surface area (Å²) in [7, 11) is 0. The number of aromatic nitrogens is 3. The standard InChI is InChI=1S/C15H12BrN3O3S/c16-13-12(14(20)21-8-10-4-2-1-3-5-10)11(22-19-13)9-23-15-17-6-7-18-15/h1-7H,8-9H2,(H,17,18). The highest BCUT2D eigenvalue weighted by Crippen LogP contribution is 2.27. The lowest BCUT2D eigenvalue weighted by Crippen LogP contribution is -2.07. The molecule has 0 amide bonds. The first kappa shape index (κ1) is 15.8. The molecule has 2 heterocycles. The van der Waals surface area contributed by atoms with Gasteiger partial charge in [0.2, 0.25) is 0 Å². The molecule has 1 N–H and O–H groups in total. The van der Waals surface area contributed by atoms with E-state index in [-0.39, 0.29) is 6.61 Å².